The number of ether oxygens (including phenoxy) is 3. The summed E-state index contributed by atoms with van der Waals surface area (Å²) in [6, 6.07) is 8.50. The smallest absolute Gasteiger partial charge is 0.339 e. The molecule has 0 fully saturated rings. The van der Waals surface area contributed by atoms with Crippen molar-refractivity contribution in [3.8, 4) is 0 Å². The first-order valence-electron chi connectivity index (χ1n) is 7.24. The molecular formula is C17H20O6. The van der Waals surface area contributed by atoms with Gasteiger partial charge in [0.2, 0.25) is 0 Å². The highest BCUT2D eigenvalue weighted by Gasteiger charge is 2.26. The zero-order valence-corrected chi connectivity index (χ0v) is 13.5. The normalized spacial score (nSPS) is 11.3. The van der Waals surface area contributed by atoms with E-state index in [0.29, 0.717) is 5.56 Å². The highest BCUT2D eigenvalue weighted by atomic mass is 16.5. The van der Waals surface area contributed by atoms with Gasteiger partial charge in [0.05, 0.1) is 37.9 Å². The van der Waals surface area contributed by atoms with Crippen molar-refractivity contribution in [1.29, 1.82) is 0 Å². The minimum absolute atomic E-state index is 0.000368. The third kappa shape index (κ3) is 5.25. The molecule has 0 N–H and O–H groups in total. The van der Waals surface area contributed by atoms with Gasteiger partial charge in [-0.05, 0) is 19.4 Å². The summed E-state index contributed by atoms with van der Waals surface area (Å²) in [4.78, 5) is 36.2. The number of carbonyl (C=O) groups is 3. The number of hydrogen-bond donors (Lipinski definition) is 0. The van der Waals surface area contributed by atoms with E-state index in [2.05, 4.69) is 0 Å². The fraction of sp³-hybridized carbons (Fsp3) is 0.353. The Balaban J connectivity index is 3.42. The van der Waals surface area contributed by atoms with E-state index in [1.807, 2.05) is 0 Å². The maximum absolute atomic E-state index is 12.2. The van der Waals surface area contributed by atoms with Crippen molar-refractivity contribution in [2.45, 2.75) is 20.3 Å². The van der Waals surface area contributed by atoms with E-state index < -0.39 is 17.9 Å². The topological polar surface area (TPSA) is 78.9 Å². The van der Waals surface area contributed by atoms with Gasteiger partial charge in [0.1, 0.15) is 0 Å². The quantitative estimate of drug-likeness (QED) is 0.435. The molecule has 0 radical (unpaired) electrons. The van der Waals surface area contributed by atoms with Crippen LogP contribution in [0.15, 0.2) is 35.9 Å². The Kier molecular flexibility index (Phi) is 7.53. The lowest BCUT2D eigenvalue weighted by molar-refractivity contribution is -0.145. The van der Waals surface area contributed by atoms with E-state index in [1.54, 1.807) is 44.2 Å². The van der Waals surface area contributed by atoms with Gasteiger partial charge < -0.3 is 14.2 Å². The summed E-state index contributed by atoms with van der Waals surface area (Å²) < 4.78 is 14.6. The van der Waals surface area contributed by atoms with Crippen LogP contribution in [0.25, 0.3) is 5.57 Å². The molecule has 1 aromatic rings. The van der Waals surface area contributed by atoms with Crippen LogP contribution in [0.5, 0.6) is 0 Å². The Morgan fingerprint density at radius 1 is 0.913 bits per heavy atom. The Morgan fingerprint density at radius 3 is 2.04 bits per heavy atom. The van der Waals surface area contributed by atoms with Gasteiger partial charge in [0.25, 0.3) is 0 Å². The van der Waals surface area contributed by atoms with Gasteiger partial charge in [-0.1, -0.05) is 30.3 Å². The molecule has 0 aliphatic heterocycles. The number of carbonyl (C=O) groups excluding carboxylic acids is 3. The Morgan fingerprint density at radius 2 is 1.52 bits per heavy atom. The fourth-order valence-corrected chi connectivity index (χ4v) is 1.96. The largest absolute Gasteiger partial charge is 0.466 e. The molecule has 0 aromatic heterocycles. The summed E-state index contributed by atoms with van der Waals surface area (Å²) in [6.45, 7) is 3.59. The standard InChI is InChI=1S/C17H20O6/c1-4-22-14(18)11-13(16(19)23-5-2)15(17(20)21-3)12-9-7-6-8-10-12/h6-10H,4-5,11H2,1-3H3/b15-13+. The SMILES string of the molecule is CCOC(=O)C/C(C(=O)OCC)=C(\C(=O)OC)c1ccccc1. The van der Waals surface area contributed by atoms with E-state index >= 15 is 0 Å². The maximum Gasteiger partial charge on any atom is 0.339 e. The van der Waals surface area contributed by atoms with E-state index in [-0.39, 0.29) is 30.8 Å². The summed E-state index contributed by atoms with van der Waals surface area (Å²) in [5.41, 5.74) is 0.384. The highest BCUT2D eigenvalue weighted by molar-refractivity contribution is 6.23. The van der Waals surface area contributed by atoms with Crippen LogP contribution >= 0.6 is 0 Å². The molecule has 6 heteroatoms. The van der Waals surface area contributed by atoms with Crippen molar-refractivity contribution in [2.24, 2.45) is 0 Å². The van der Waals surface area contributed by atoms with Crippen LogP contribution in [-0.2, 0) is 28.6 Å². The van der Waals surface area contributed by atoms with Crippen molar-refractivity contribution in [2.75, 3.05) is 20.3 Å². The number of rotatable bonds is 7. The van der Waals surface area contributed by atoms with Gasteiger partial charge in [-0.15, -0.1) is 0 Å². The molecule has 0 aliphatic rings. The average Bonchev–Trinajstić information content (AvgIpc) is 2.55. The summed E-state index contributed by atoms with van der Waals surface area (Å²) in [7, 11) is 1.21. The zero-order valence-electron chi connectivity index (χ0n) is 13.5. The molecule has 1 rings (SSSR count). The molecule has 0 heterocycles. The van der Waals surface area contributed by atoms with E-state index in [1.165, 1.54) is 7.11 Å². The molecule has 0 saturated heterocycles. The minimum Gasteiger partial charge on any atom is -0.466 e. The summed E-state index contributed by atoms with van der Waals surface area (Å²) in [5.74, 6) is -2.08. The molecule has 0 atom stereocenters. The van der Waals surface area contributed by atoms with E-state index in [4.69, 9.17) is 14.2 Å². The molecule has 6 nitrogen and oxygen atoms in total. The molecule has 0 aliphatic carbocycles. The first-order chi connectivity index (χ1) is 11.0. The lowest BCUT2D eigenvalue weighted by atomic mass is 9.97. The van der Waals surface area contributed by atoms with Crippen molar-refractivity contribution in [1.82, 2.24) is 0 Å². The van der Waals surface area contributed by atoms with Gasteiger partial charge in [-0.25, -0.2) is 9.59 Å². The maximum atomic E-state index is 12.2. The summed E-state index contributed by atoms with van der Waals surface area (Å²) in [5, 5.41) is 0. The van der Waals surface area contributed by atoms with Gasteiger partial charge in [-0.3, -0.25) is 4.79 Å². The van der Waals surface area contributed by atoms with Crippen LogP contribution in [0.2, 0.25) is 0 Å². The predicted octanol–water partition coefficient (Wildman–Crippen LogP) is 2.13. The lowest BCUT2D eigenvalue weighted by Gasteiger charge is -2.13. The van der Waals surface area contributed by atoms with Crippen molar-refractivity contribution in [3.05, 3.63) is 41.5 Å². The second-order valence-electron chi connectivity index (χ2n) is 4.41. The van der Waals surface area contributed by atoms with Crippen LogP contribution < -0.4 is 0 Å². The number of esters is 3. The van der Waals surface area contributed by atoms with Crippen LogP contribution in [-0.4, -0.2) is 38.2 Å². The van der Waals surface area contributed by atoms with Gasteiger partial charge in [0, 0.05) is 0 Å². The van der Waals surface area contributed by atoms with Crippen molar-refractivity contribution < 1.29 is 28.6 Å². The van der Waals surface area contributed by atoms with Crippen LogP contribution in [0.4, 0.5) is 0 Å². The van der Waals surface area contributed by atoms with Gasteiger partial charge in [0.15, 0.2) is 0 Å². The number of benzene rings is 1. The molecular weight excluding hydrogens is 300 g/mol. The third-order valence-corrected chi connectivity index (χ3v) is 2.90. The van der Waals surface area contributed by atoms with Crippen LogP contribution in [0.3, 0.4) is 0 Å². The van der Waals surface area contributed by atoms with Crippen molar-refractivity contribution in [3.63, 3.8) is 0 Å². The first kappa shape index (κ1) is 18.4. The Labute approximate surface area is 135 Å². The molecule has 0 unspecified atom stereocenters. The van der Waals surface area contributed by atoms with Gasteiger partial charge in [-0.2, -0.15) is 0 Å². The van der Waals surface area contributed by atoms with Gasteiger partial charge >= 0.3 is 17.9 Å². The second kappa shape index (κ2) is 9.40. The Hall–Kier alpha value is -2.63. The number of hydrogen-bond acceptors (Lipinski definition) is 6. The van der Waals surface area contributed by atoms with Crippen molar-refractivity contribution >= 4 is 23.5 Å². The monoisotopic (exact) mass is 320 g/mol. The molecule has 0 bridgehead atoms. The second-order valence-corrected chi connectivity index (χ2v) is 4.41. The fourth-order valence-electron chi connectivity index (χ4n) is 1.96. The summed E-state index contributed by atoms with van der Waals surface area (Å²) in [6.07, 6.45) is -0.369. The first-order valence-corrected chi connectivity index (χ1v) is 7.24. The molecule has 0 saturated carbocycles. The zero-order chi connectivity index (χ0) is 17.2. The minimum atomic E-state index is -0.746. The lowest BCUT2D eigenvalue weighted by Crippen LogP contribution is -2.19. The average molecular weight is 320 g/mol. The predicted molar refractivity (Wildman–Crippen MR) is 83.3 cm³/mol. The molecule has 1 aromatic carbocycles. The number of methoxy groups -OCH3 is 1. The van der Waals surface area contributed by atoms with Crippen LogP contribution in [0.1, 0.15) is 25.8 Å². The molecule has 124 valence electrons. The molecule has 0 amide bonds. The summed E-state index contributed by atoms with van der Waals surface area (Å²) >= 11 is 0. The highest BCUT2D eigenvalue weighted by Crippen LogP contribution is 2.24. The molecule has 0 spiro atoms. The van der Waals surface area contributed by atoms with Crippen LogP contribution in [0, 0.1) is 0 Å². The van der Waals surface area contributed by atoms with E-state index in [9.17, 15) is 14.4 Å². The third-order valence-electron chi connectivity index (χ3n) is 2.90. The molecule has 23 heavy (non-hydrogen) atoms. The van der Waals surface area contributed by atoms with E-state index in [0.717, 1.165) is 0 Å². The Bertz CT molecular complexity index is 588.